The number of nitrogens with one attached hydrogen (secondary N) is 2. The molecule has 2 aromatic rings. The van der Waals surface area contributed by atoms with E-state index in [0.717, 1.165) is 62.1 Å². The number of aliphatic hydroxyl groups is 1. The molecular formula is C19H24ClFN4O3S2. The predicted molar refractivity (Wildman–Crippen MR) is 116 cm³/mol. The molecule has 2 heterocycles. The molecule has 7 nitrogen and oxygen atoms in total. The van der Waals surface area contributed by atoms with Crippen LogP contribution in [0.4, 0.5) is 15.2 Å². The van der Waals surface area contributed by atoms with Gasteiger partial charge in [-0.3, -0.25) is 9.62 Å². The van der Waals surface area contributed by atoms with E-state index in [-0.39, 0.29) is 28.3 Å². The first kappa shape index (κ1) is 21.8. The molecular weight excluding hydrogens is 451 g/mol. The van der Waals surface area contributed by atoms with Gasteiger partial charge in [-0.15, -0.1) is 11.3 Å². The molecule has 1 saturated heterocycles. The van der Waals surface area contributed by atoms with Crippen LogP contribution in [-0.2, 0) is 10.0 Å². The number of benzene rings is 1. The summed E-state index contributed by atoms with van der Waals surface area (Å²) in [6, 6.07) is 2.55. The van der Waals surface area contributed by atoms with Crippen LogP contribution in [0.3, 0.4) is 0 Å². The average molecular weight is 475 g/mol. The third-order valence-corrected chi connectivity index (χ3v) is 8.18. The van der Waals surface area contributed by atoms with Crippen LogP contribution >= 0.6 is 22.9 Å². The quantitative estimate of drug-likeness (QED) is 0.593. The number of halogens is 2. The van der Waals surface area contributed by atoms with Crippen LogP contribution in [0.2, 0.25) is 5.02 Å². The molecule has 11 heteroatoms. The molecule has 0 unspecified atom stereocenters. The Morgan fingerprint density at radius 1 is 1.27 bits per heavy atom. The first-order valence-electron chi connectivity index (χ1n) is 9.93. The van der Waals surface area contributed by atoms with Gasteiger partial charge in [-0.25, -0.2) is 17.8 Å². The number of thiazole rings is 1. The van der Waals surface area contributed by atoms with Gasteiger partial charge in [0.25, 0.3) is 10.0 Å². The van der Waals surface area contributed by atoms with Crippen molar-refractivity contribution in [2.24, 2.45) is 0 Å². The minimum absolute atomic E-state index is 0.0526. The van der Waals surface area contributed by atoms with Crippen molar-refractivity contribution in [1.82, 2.24) is 9.88 Å². The van der Waals surface area contributed by atoms with Crippen molar-refractivity contribution in [2.45, 2.75) is 55.2 Å². The molecule has 1 aromatic heterocycles. The molecule has 4 rings (SSSR count). The van der Waals surface area contributed by atoms with Crippen LogP contribution < -0.4 is 10.0 Å². The van der Waals surface area contributed by atoms with Crippen molar-refractivity contribution in [3.63, 3.8) is 0 Å². The zero-order valence-corrected chi connectivity index (χ0v) is 18.6. The summed E-state index contributed by atoms with van der Waals surface area (Å²) in [6.45, 7) is 1.48. The molecule has 30 heavy (non-hydrogen) atoms. The van der Waals surface area contributed by atoms with Gasteiger partial charge in [0.15, 0.2) is 5.13 Å². The number of likely N-dealkylation sites (tertiary alicyclic amines) is 1. The Morgan fingerprint density at radius 2 is 2.07 bits per heavy atom. The highest BCUT2D eigenvalue weighted by molar-refractivity contribution is 7.93. The van der Waals surface area contributed by atoms with Gasteiger partial charge in [0.1, 0.15) is 10.7 Å². The standard InChI is InChI=1S/C19H24ClFN4O3S2/c20-13-9-18(30(27,28)24-19-22-6-8-29-19)14(21)10-16(13)23-15-3-1-2-4-17(15)25-7-5-12(26)11-25/h6,8-10,12,15,17,23,26H,1-5,7,11H2,(H,22,24)/t12-,15-,17-/m0/s1. The summed E-state index contributed by atoms with van der Waals surface area (Å²) in [5.74, 6) is -0.880. The minimum Gasteiger partial charge on any atom is -0.392 e. The third kappa shape index (κ3) is 4.72. The van der Waals surface area contributed by atoms with Crippen LogP contribution in [0.5, 0.6) is 0 Å². The zero-order chi connectivity index (χ0) is 21.3. The van der Waals surface area contributed by atoms with Crippen LogP contribution in [-0.4, -0.2) is 54.7 Å². The van der Waals surface area contributed by atoms with Crippen molar-refractivity contribution in [3.8, 4) is 0 Å². The van der Waals surface area contributed by atoms with Gasteiger partial charge < -0.3 is 10.4 Å². The molecule has 3 atom stereocenters. The summed E-state index contributed by atoms with van der Waals surface area (Å²) < 4.78 is 42.1. The van der Waals surface area contributed by atoms with E-state index in [9.17, 15) is 17.9 Å². The lowest BCUT2D eigenvalue weighted by Gasteiger charge is -2.39. The van der Waals surface area contributed by atoms with Crippen molar-refractivity contribution in [3.05, 3.63) is 34.5 Å². The molecule has 1 aliphatic heterocycles. The largest absolute Gasteiger partial charge is 0.392 e. The lowest BCUT2D eigenvalue weighted by atomic mass is 9.89. The second-order valence-corrected chi connectivity index (χ2v) is 10.7. The fourth-order valence-corrected chi connectivity index (χ4v) is 6.43. The lowest BCUT2D eigenvalue weighted by molar-refractivity contribution is 0.135. The van der Waals surface area contributed by atoms with Gasteiger partial charge in [0, 0.05) is 36.8 Å². The summed E-state index contributed by atoms with van der Waals surface area (Å²) in [4.78, 5) is 5.63. The number of aromatic nitrogens is 1. The van der Waals surface area contributed by atoms with E-state index >= 15 is 0 Å². The zero-order valence-electron chi connectivity index (χ0n) is 16.2. The van der Waals surface area contributed by atoms with Crippen molar-refractivity contribution in [2.75, 3.05) is 23.1 Å². The van der Waals surface area contributed by atoms with Crippen molar-refractivity contribution in [1.29, 1.82) is 0 Å². The molecule has 0 spiro atoms. The van der Waals surface area contributed by atoms with E-state index in [2.05, 4.69) is 19.9 Å². The molecule has 1 aromatic carbocycles. The van der Waals surface area contributed by atoms with E-state index in [1.807, 2.05) is 0 Å². The fourth-order valence-electron chi connectivity index (χ4n) is 4.27. The minimum atomic E-state index is -4.14. The summed E-state index contributed by atoms with van der Waals surface area (Å²) in [5, 5.41) is 15.1. The molecule has 2 aliphatic rings. The van der Waals surface area contributed by atoms with E-state index < -0.39 is 20.7 Å². The number of aliphatic hydroxyl groups excluding tert-OH is 1. The third-order valence-electron chi connectivity index (χ3n) is 5.70. The van der Waals surface area contributed by atoms with Crippen LogP contribution in [0.15, 0.2) is 28.6 Å². The predicted octanol–water partition coefficient (Wildman–Crippen LogP) is 3.53. The molecule has 164 valence electrons. The molecule has 0 radical (unpaired) electrons. The molecule has 1 aliphatic carbocycles. The second-order valence-electron chi connectivity index (χ2n) is 7.75. The van der Waals surface area contributed by atoms with Crippen LogP contribution in [0.1, 0.15) is 32.1 Å². The Hall–Kier alpha value is -1.46. The molecule has 3 N–H and O–H groups in total. The maximum atomic E-state index is 14.8. The van der Waals surface area contributed by atoms with Gasteiger partial charge in [0.2, 0.25) is 0 Å². The Balaban J connectivity index is 1.54. The topological polar surface area (TPSA) is 94.6 Å². The molecule has 0 bridgehead atoms. The first-order chi connectivity index (χ1) is 14.3. The lowest BCUT2D eigenvalue weighted by Crippen LogP contribution is -2.48. The molecule has 0 amide bonds. The highest BCUT2D eigenvalue weighted by Crippen LogP contribution is 2.33. The summed E-state index contributed by atoms with van der Waals surface area (Å²) in [6.07, 6.45) is 5.97. The molecule has 2 fully saturated rings. The fraction of sp³-hybridized carbons (Fsp3) is 0.526. The van der Waals surface area contributed by atoms with Gasteiger partial charge in [-0.1, -0.05) is 24.4 Å². The van der Waals surface area contributed by atoms with Crippen LogP contribution in [0.25, 0.3) is 0 Å². The number of rotatable bonds is 6. The number of anilines is 2. The monoisotopic (exact) mass is 474 g/mol. The van der Waals surface area contributed by atoms with E-state index in [1.165, 1.54) is 6.20 Å². The summed E-state index contributed by atoms with van der Waals surface area (Å²) >= 11 is 7.45. The Morgan fingerprint density at radius 3 is 2.77 bits per heavy atom. The normalized spacial score (nSPS) is 25.4. The maximum absolute atomic E-state index is 14.8. The van der Waals surface area contributed by atoms with Gasteiger partial charge >= 0.3 is 0 Å². The van der Waals surface area contributed by atoms with Crippen molar-refractivity contribution < 1.29 is 17.9 Å². The number of nitrogens with zero attached hydrogens (tertiary/aromatic N) is 2. The van der Waals surface area contributed by atoms with E-state index in [4.69, 9.17) is 11.6 Å². The molecule has 1 saturated carbocycles. The number of hydrogen-bond acceptors (Lipinski definition) is 7. The highest BCUT2D eigenvalue weighted by atomic mass is 35.5. The van der Waals surface area contributed by atoms with Crippen molar-refractivity contribution >= 4 is 43.8 Å². The number of hydrogen-bond donors (Lipinski definition) is 3. The highest BCUT2D eigenvalue weighted by Gasteiger charge is 2.34. The van der Waals surface area contributed by atoms with Gasteiger partial charge in [-0.2, -0.15) is 0 Å². The average Bonchev–Trinajstić information content (AvgIpc) is 3.36. The number of β-amino-alcohol motifs (C(OH)–C–C–N with tert-alkyl or cyclic N) is 1. The Bertz CT molecular complexity index is 990. The second kappa shape index (κ2) is 8.96. The number of sulfonamides is 1. The van der Waals surface area contributed by atoms with E-state index in [1.54, 1.807) is 5.38 Å². The van der Waals surface area contributed by atoms with Crippen LogP contribution in [0, 0.1) is 5.82 Å². The smallest absolute Gasteiger partial charge is 0.266 e. The van der Waals surface area contributed by atoms with Gasteiger partial charge in [-0.05, 0) is 31.4 Å². The van der Waals surface area contributed by atoms with Gasteiger partial charge in [0.05, 0.1) is 16.8 Å². The summed E-state index contributed by atoms with van der Waals surface area (Å²) in [5.41, 5.74) is 0.374. The first-order valence-corrected chi connectivity index (χ1v) is 12.7. The maximum Gasteiger partial charge on any atom is 0.266 e. The summed E-state index contributed by atoms with van der Waals surface area (Å²) in [7, 11) is -4.14. The van der Waals surface area contributed by atoms with E-state index in [0.29, 0.717) is 12.2 Å². The Labute approximate surface area is 184 Å². The SMILES string of the molecule is O=S(=O)(Nc1nccs1)c1cc(Cl)c(N[C@H]2CCCC[C@@H]2N2CC[C@H](O)C2)cc1F. The Kier molecular flexibility index (Phi) is 6.50.